The van der Waals surface area contributed by atoms with Crippen LogP contribution < -0.4 is 10.6 Å². The summed E-state index contributed by atoms with van der Waals surface area (Å²) in [5.41, 5.74) is 0.387. The van der Waals surface area contributed by atoms with Crippen LogP contribution in [0.15, 0.2) is 30.3 Å². The first kappa shape index (κ1) is 19.7. The summed E-state index contributed by atoms with van der Waals surface area (Å²) >= 11 is 0. The topological polar surface area (TPSA) is 142 Å². The normalized spacial score (nSPS) is 15.0. The number of carbonyl (C=O) groups excluding carboxylic acids is 2. The number of piperidine rings is 1. The van der Waals surface area contributed by atoms with Crippen molar-refractivity contribution in [3.63, 3.8) is 0 Å². The van der Waals surface area contributed by atoms with Crippen LogP contribution in [0.1, 0.15) is 18.4 Å². The summed E-state index contributed by atoms with van der Waals surface area (Å²) in [5, 5.41) is 29.8. The maximum Gasteiger partial charge on any atom is 0.410 e. The summed E-state index contributed by atoms with van der Waals surface area (Å²) in [6, 6.07) is 10.5. The molecule has 9 nitrogen and oxygen atoms in total. The van der Waals surface area contributed by atoms with E-state index in [1.54, 1.807) is 11.0 Å². The monoisotopic (exact) mass is 368 g/mol. The Morgan fingerprint density at radius 1 is 1.26 bits per heavy atom. The van der Waals surface area contributed by atoms with Crippen molar-refractivity contribution in [2.75, 3.05) is 13.1 Å². The summed E-state index contributed by atoms with van der Waals surface area (Å²) in [4.78, 5) is 25.6. The molecule has 1 atom stereocenters. The standard InChI is InChI=1S/C18H20N6O3/c19-10-15(21)16(11-20)23-17(25)22-14-6-8-24(9-7-14)18(26)27-12-13-4-2-1-3-5-13/h1-5,14,16,21H,6-9,12H2,(H2,22,23,25). The van der Waals surface area contributed by atoms with Gasteiger partial charge in [0.1, 0.15) is 18.4 Å². The summed E-state index contributed by atoms with van der Waals surface area (Å²) in [5.74, 6) is 0. The quantitative estimate of drug-likeness (QED) is 0.675. The number of rotatable bonds is 5. The molecule has 3 N–H and O–H groups in total. The minimum absolute atomic E-state index is 0.168. The average Bonchev–Trinajstić information content (AvgIpc) is 2.71. The third kappa shape index (κ3) is 6.01. The molecule has 9 heteroatoms. The van der Waals surface area contributed by atoms with Gasteiger partial charge in [0.05, 0.1) is 6.07 Å². The Kier molecular flexibility index (Phi) is 7.15. The zero-order valence-electron chi connectivity index (χ0n) is 14.6. The van der Waals surface area contributed by atoms with E-state index in [2.05, 4.69) is 10.6 Å². The number of hydrogen-bond donors (Lipinski definition) is 3. The number of nitrogens with zero attached hydrogens (tertiary/aromatic N) is 3. The fraction of sp³-hybridized carbons (Fsp3) is 0.389. The minimum atomic E-state index is -1.27. The zero-order valence-corrected chi connectivity index (χ0v) is 14.6. The van der Waals surface area contributed by atoms with E-state index in [1.807, 2.05) is 30.3 Å². The smallest absolute Gasteiger partial charge is 0.410 e. The zero-order chi connectivity index (χ0) is 19.6. The molecule has 0 spiro atoms. The third-order valence-corrected chi connectivity index (χ3v) is 4.11. The SMILES string of the molecule is N#CC(=N)C(C#N)NC(=O)NC1CCN(C(=O)OCc2ccccc2)CC1. The van der Waals surface area contributed by atoms with Gasteiger partial charge in [-0.3, -0.25) is 5.41 Å². The molecule has 1 aliphatic rings. The molecule has 3 amide bonds. The van der Waals surface area contributed by atoms with Crippen LogP contribution in [0.2, 0.25) is 0 Å². The molecule has 0 aliphatic carbocycles. The number of amides is 3. The van der Waals surface area contributed by atoms with Crippen molar-refractivity contribution >= 4 is 17.8 Å². The van der Waals surface area contributed by atoms with Crippen LogP contribution in [0.25, 0.3) is 0 Å². The largest absolute Gasteiger partial charge is 0.445 e. The van der Waals surface area contributed by atoms with E-state index in [-0.39, 0.29) is 12.6 Å². The van der Waals surface area contributed by atoms with E-state index >= 15 is 0 Å². The Labute approximate surface area is 157 Å². The minimum Gasteiger partial charge on any atom is -0.445 e. The maximum absolute atomic E-state index is 12.1. The molecule has 27 heavy (non-hydrogen) atoms. The lowest BCUT2D eigenvalue weighted by atomic mass is 10.1. The molecule has 1 aliphatic heterocycles. The number of nitrogens with one attached hydrogen (secondary N) is 3. The Balaban J connectivity index is 1.72. The van der Waals surface area contributed by atoms with Crippen LogP contribution in [-0.4, -0.2) is 47.9 Å². The van der Waals surface area contributed by atoms with E-state index in [4.69, 9.17) is 20.7 Å². The molecule has 1 fully saturated rings. The second-order valence-corrected chi connectivity index (χ2v) is 6.01. The third-order valence-electron chi connectivity index (χ3n) is 4.11. The van der Waals surface area contributed by atoms with E-state index in [9.17, 15) is 9.59 Å². The highest BCUT2D eigenvalue weighted by Crippen LogP contribution is 2.12. The predicted molar refractivity (Wildman–Crippen MR) is 95.6 cm³/mol. The molecule has 2 rings (SSSR count). The van der Waals surface area contributed by atoms with Gasteiger partial charge in [-0.25, -0.2) is 9.59 Å². The second-order valence-electron chi connectivity index (χ2n) is 6.01. The van der Waals surface area contributed by atoms with Crippen molar-refractivity contribution in [3.8, 4) is 12.1 Å². The first-order chi connectivity index (χ1) is 13.0. The summed E-state index contributed by atoms with van der Waals surface area (Å²) in [6.07, 6.45) is 0.690. The molecule has 140 valence electrons. The lowest BCUT2D eigenvalue weighted by Gasteiger charge is -2.31. The molecule has 0 saturated carbocycles. The van der Waals surface area contributed by atoms with Crippen molar-refractivity contribution in [2.24, 2.45) is 0 Å². The Hall–Kier alpha value is -3.59. The number of carbonyl (C=O) groups is 2. The molecular formula is C18H20N6O3. The molecule has 1 saturated heterocycles. The number of benzene rings is 1. The summed E-state index contributed by atoms with van der Waals surface area (Å²) < 4.78 is 5.29. The Morgan fingerprint density at radius 2 is 1.93 bits per heavy atom. The van der Waals surface area contributed by atoms with Gasteiger partial charge in [-0.15, -0.1) is 0 Å². The van der Waals surface area contributed by atoms with Crippen LogP contribution in [0.5, 0.6) is 0 Å². The van der Waals surface area contributed by atoms with Gasteiger partial charge in [-0.2, -0.15) is 10.5 Å². The van der Waals surface area contributed by atoms with Gasteiger partial charge in [0.25, 0.3) is 0 Å². The second kappa shape index (κ2) is 9.78. The fourth-order valence-corrected chi connectivity index (χ4v) is 2.61. The molecule has 0 bridgehead atoms. The number of hydrogen-bond acceptors (Lipinski definition) is 6. The maximum atomic E-state index is 12.1. The predicted octanol–water partition coefficient (Wildman–Crippen LogP) is 1.52. The summed E-state index contributed by atoms with van der Waals surface area (Å²) in [6.45, 7) is 1.09. The van der Waals surface area contributed by atoms with Crippen LogP contribution >= 0.6 is 0 Å². The molecule has 0 radical (unpaired) electrons. The van der Waals surface area contributed by atoms with Gasteiger partial charge in [0.2, 0.25) is 0 Å². The molecular weight excluding hydrogens is 348 g/mol. The van der Waals surface area contributed by atoms with E-state index < -0.39 is 23.9 Å². The Morgan fingerprint density at radius 3 is 2.52 bits per heavy atom. The van der Waals surface area contributed by atoms with Crippen LogP contribution in [-0.2, 0) is 11.3 Å². The first-order valence-corrected chi connectivity index (χ1v) is 8.44. The highest BCUT2D eigenvalue weighted by Gasteiger charge is 2.25. The number of ether oxygens (including phenoxy) is 1. The molecule has 0 aromatic heterocycles. The lowest BCUT2D eigenvalue weighted by Crippen LogP contribution is -2.51. The summed E-state index contributed by atoms with van der Waals surface area (Å²) in [7, 11) is 0. The average molecular weight is 368 g/mol. The number of nitriles is 2. The highest BCUT2D eigenvalue weighted by molar-refractivity contribution is 6.03. The van der Waals surface area contributed by atoms with E-state index in [0.717, 1.165) is 5.56 Å². The van der Waals surface area contributed by atoms with Gasteiger partial charge in [0.15, 0.2) is 6.04 Å². The molecule has 1 heterocycles. The number of likely N-dealkylation sites (tertiary alicyclic amines) is 1. The molecule has 1 aromatic carbocycles. The molecule has 1 aromatic rings. The first-order valence-electron chi connectivity index (χ1n) is 8.44. The van der Waals surface area contributed by atoms with Crippen molar-refractivity contribution < 1.29 is 14.3 Å². The number of urea groups is 1. The van der Waals surface area contributed by atoms with Crippen molar-refractivity contribution in [3.05, 3.63) is 35.9 Å². The van der Waals surface area contributed by atoms with Crippen LogP contribution in [0.3, 0.4) is 0 Å². The van der Waals surface area contributed by atoms with Crippen LogP contribution in [0.4, 0.5) is 9.59 Å². The van der Waals surface area contributed by atoms with Crippen molar-refractivity contribution in [2.45, 2.75) is 31.5 Å². The van der Waals surface area contributed by atoms with Gasteiger partial charge in [-0.05, 0) is 18.4 Å². The van der Waals surface area contributed by atoms with Gasteiger partial charge >= 0.3 is 12.1 Å². The van der Waals surface area contributed by atoms with Gasteiger partial charge < -0.3 is 20.3 Å². The highest BCUT2D eigenvalue weighted by atomic mass is 16.6. The van der Waals surface area contributed by atoms with E-state index in [1.165, 1.54) is 6.07 Å². The van der Waals surface area contributed by atoms with Crippen molar-refractivity contribution in [1.29, 1.82) is 15.9 Å². The Bertz CT molecular complexity index is 760. The van der Waals surface area contributed by atoms with Crippen LogP contribution in [0, 0.1) is 28.1 Å². The lowest BCUT2D eigenvalue weighted by molar-refractivity contribution is 0.0859. The van der Waals surface area contributed by atoms with E-state index in [0.29, 0.717) is 25.9 Å². The van der Waals surface area contributed by atoms with Gasteiger partial charge in [0, 0.05) is 19.1 Å². The molecule has 1 unspecified atom stereocenters. The fourth-order valence-electron chi connectivity index (χ4n) is 2.61. The van der Waals surface area contributed by atoms with Crippen molar-refractivity contribution in [1.82, 2.24) is 15.5 Å². The van der Waals surface area contributed by atoms with Gasteiger partial charge in [-0.1, -0.05) is 30.3 Å².